The minimum Gasteiger partial charge on any atom is -0.381 e. The van der Waals surface area contributed by atoms with Gasteiger partial charge in [0.25, 0.3) is 0 Å². The summed E-state index contributed by atoms with van der Waals surface area (Å²) in [6, 6.07) is 7.75. The molecule has 2 heterocycles. The van der Waals surface area contributed by atoms with Crippen LogP contribution >= 0.6 is 0 Å². The van der Waals surface area contributed by atoms with Crippen molar-refractivity contribution in [1.29, 1.82) is 0 Å². The molecule has 0 spiro atoms. The zero-order valence-corrected chi connectivity index (χ0v) is 11.4. The molecule has 0 bridgehead atoms. The minimum absolute atomic E-state index is 0.0720. The first-order valence-corrected chi connectivity index (χ1v) is 6.73. The van der Waals surface area contributed by atoms with Crippen molar-refractivity contribution < 1.29 is 9.53 Å². The second-order valence-corrected chi connectivity index (χ2v) is 4.95. The van der Waals surface area contributed by atoms with Crippen LogP contribution in [0.5, 0.6) is 0 Å². The highest BCUT2D eigenvalue weighted by Gasteiger charge is 2.22. The highest BCUT2D eigenvalue weighted by molar-refractivity contribution is 5.88. The van der Waals surface area contributed by atoms with Gasteiger partial charge in [-0.1, -0.05) is 6.07 Å². The van der Waals surface area contributed by atoms with E-state index >= 15 is 0 Å². The van der Waals surface area contributed by atoms with Crippen molar-refractivity contribution in [2.24, 2.45) is 0 Å². The first kappa shape index (κ1) is 12.9. The minimum atomic E-state index is -0.0720. The molecule has 2 aromatic rings. The number of amides is 1. The molecule has 1 unspecified atom stereocenters. The van der Waals surface area contributed by atoms with E-state index in [1.54, 1.807) is 6.20 Å². The van der Waals surface area contributed by atoms with Gasteiger partial charge in [0.1, 0.15) is 5.82 Å². The molecule has 104 valence electrons. The number of ether oxygens (including phenoxy) is 1. The first-order chi connectivity index (χ1) is 9.74. The number of hydrogen-bond donors (Lipinski definition) is 1. The Kier molecular flexibility index (Phi) is 3.52. The highest BCUT2D eigenvalue weighted by atomic mass is 16.5. The van der Waals surface area contributed by atoms with Gasteiger partial charge in [0, 0.05) is 43.2 Å². The van der Waals surface area contributed by atoms with Crippen LogP contribution in [-0.4, -0.2) is 28.7 Å². The Morgan fingerprint density at radius 1 is 1.50 bits per heavy atom. The summed E-state index contributed by atoms with van der Waals surface area (Å²) in [5.41, 5.74) is 1.79. The summed E-state index contributed by atoms with van der Waals surface area (Å²) in [6.07, 6.45) is 4.75. The summed E-state index contributed by atoms with van der Waals surface area (Å²) in [6.45, 7) is 3.02. The van der Waals surface area contributed by atoms with Crippen molar-refractivity contribution in [3.63, 3.8) is 0 Å². The third-order valence-corrected chi connectivity index (χ3v) is 3.41. The molecule has 1 aromatic heterocycles. The summed E-state index contributed by atoms with van der Waals surface area (Å²) in [7, 11) is 0. The van der Waals surface area contributed by atoms with Gasteiger partial charge in [-0.15, -0.1) is 0 Å². The van der Waals surface area contributed by atoms with E-state index in [0.717, 1.165) is 36.8 Å². The lowest BCUT2D eigenvalue weighted by atomic mass is 10.1. The highest BCUT2D eigenvalue weighted by Crippen LogP contribution is 2.26. The van der Waals surface area contributed by atoms with Crippen LogP contribution in [0.4, 0.5) is 5.69 Å². The van der Waals surface area contributed by atoms with Crippen LogP contribution in [0.3, 0.4) is 0 Å². The molecule has 0 radical (unpaired) electrons. The van der Waals surface area contributed by atoms with Gasteiger partial charge >= 0.3 is 0 Å². The molecule has 20 heavy (non-hydrogen) atoms. The predicted molar refractivity (Wildman–Crippen MR) is 76.0 cm³/mol. The van der Waals surface area contributed by atoms with E-state index in [0.29, 0.717) is 5.92 Å². The van der Waals surface area contributed by atoms with Gasteiger partial charge in [-0.2, -0.15) is 0 Å². The Labute approximate surface area is 117 Å². The van der Waals surface area contributed by atoms with Crippen LogP contribution in [0.1, 0.15) is 25.1 Å². The van der Waals surface area contributed by atoms with E-state index in [1.807, 2.05) is 30.5 Å². The molecule has 5 heteroatoms. The van der Waals surface area contributed by atoms with Crippen LogP contribution in [-0.2, 0) is 9.53 Å². The van der Waals surface area contributed by atoms with Gasteiger partial charge < -0.3 is 14.6 Å². The Bertz CT molecular complexity index is 615. The van der Waals surface area contributed by atoms with Crippen LogP contribution in [0.25, 0.3) is 5.69 Å². The molecular weight excluding hydrogens is 254 g/mol. The number of benzene rings is 1. The van der Waals surface area contributed by atoms with Crippen LogP contribution in [0.15, 0.2) is 36.7 Å². The normalized spacial score (nSPS) is 18.1. The standard InChI is InChI=1S/C15H17N3O2/c1-11(19)17-13-3-2-4-14(9-13)18-7-6-16-15(18)12-5-8-20-10-12/h2-4,6-7,9,12H,5,8,10H2,1H3,(H,17,19). The molecule has 1 aromatic carbocycles. The van der Waals surface area contributed by atoms with Gasteiger partial charge in [0.2, 0.25) is 5.91 Å². The van der Waals surface area contributed by atoms with Crippen molar-refractivity contribution in [2.45, 2.75) is 19.3 Å². The number of nitrogens with zero attached hydrogens (tertiary/aromatic N) is 2. The smallest absolute Gasteiger partial charge is 0.221 e. The molecule has 1 amide bonds. The lowest BCUT2D eigenvalue weighted by Crippen LogP contribution is -2.09. The summed E-state index contributed by atoms with van der Waals surface area (Å²) >= 11 is 0. The van der Waals surface area contributed by atoms with Crippen LogP contribution in [0.2, 0.25) is 0 Å². The Morgan fingerprint density at radius 2 is 2.40 bits per heavy atom. The Hall–Kier alpha value is -2.14. The van der Waals surface area contributed by atoms with Crippen molar-refractivity contribution in [2.75, 3.05) is 18.5 Å². The molecule has 1 saturated heterocycles. The molecule has 0 aliphatic carbocycles. The second kappa shape index (κ2) is 5.46. The molecule has 5 nitrogen and oxygen atoms in total. The predicted octanol–water partition coefficient (Wildman–Crippen LogP) is 2.33. The van der Waals surface area contributed by atoms with Crippen molar-refractivity contribution in [3.05, 3.63) is 42.5 Å². The quantitative estimate of drug-likeness (QED) is 0.932. The summed E-state index contributed by atoms with van der Waals surface area (Å²) < 4.78 is 7.50. The SMILES string of the molecule is CC(=O)Nc1cccc(-n2ccnc2C2CCOC2)c1. The Balaban J connectivity index is 1.92. The van der Waals surface area contributed by atoms with Crippen molar-refractivity contribution >= 4 is 11.6 Å². The van der Waals surface area contributed by atoms with Crippen molar-refractivity contribution in [1.82, 2.24) is 9.55 Å². The fourth-order valence-corrected chi connectivity index (χ4v) is 2.51. The van der Waals surface area contributed by atoms with Crippen molar-refractivity contribution in [3.8, 4) is 5.69 Å². The Morgan fingerprint density at radius 3 is 3.15 bits per heavy atom. The summed E-state index contributed by atoms with van der Waals surface area (Å²) in [5, 5.41) is 2.80. The number of carbonyl (C=O) groups is 1. The largest absolute Gasteiger partial charge is 0.381 e. The molecule has 0 saturated carbocycles. The molecule has 3 rings (SSSR count). The van der Waals surface area contributed by atoms with Gasteiger partial charge in [-0.05, 0) is 24.6 Å². The van der Waals surface area contributed by atoms with E-state index in [-0.39, 0.29) is 5.91 Å². The van der Waals surface area contributed by atoms with E-state index in [9.17, 15) is 4.79 Å². The molecular formula is C15H17N3O2. The number of aromatic nitrogens is 2. The number of rotatable bonds is 3. The zero-order valence-electron chi connectivity index (χ0n) is 11.4. The third kappa shape index (κ3) is 2.58. The van der Waals surface area contributed by atoms with Crippen LogP contribution in [0, 0.1) is 0 Å². The maximum atomic E-state index is 11.1. The van der Waals surface area contributed by atoms with Crippen LogP contribution < -0.4 is 5.32 Å². The number of hydrogen-bond acceptors (Lipinski definition) is 3. The van der Waals surface area contributed by atoms with Gasteiger partial charge in [0.15, 0.2) is 0 Å². The number of imidazole rings is 1. The van der Waals surface area contributed by atoms with Gasteiger partial charge in [-0.25, -0.2) is 4.98 Å². The molecule has 1 N–H and O–H groups in total. The maximum Gasteiger partial charge on any atom is 0.221 e. The third-order valence-electron chi connectivity index (χ3n) is 3.41. The molecule has 1 atom stereocenters. The van der Waals surface area contributed by atoms with E-state index < -0.39 is 0 Å². The monoisotopic (exact) mass is 271 g/mol. The molecule has 1 aliphatic rings. The topological polar surface area (TPSA) is 56.2 Å². The first-order valence-electron chi connectivity index (χ1n) is 6.73. The molecule has 1 fully saturated rings. The molecule has 1 aliphatic heterocycles. The lowest BCUT2D eigenvalue weighted by molar-refractivity contribution is -0.114. The average Bonchev–Trinajstić information content (AvgIpc) is 3.09. The van der Waals surface area contributed by atoms with E-state index in [4.69, 9.17) is 4.74 Å². The average molecular weight is 271 g/mol. The summed E-state index contributed by atoms with van der Waals surface area (Å²) in [5.74, 6) is 1.29. The zero-order chi connectivity index (χ0) is 13.9. The number of nitrogens with one attached hydrogen (secondary N) is 1. The maximum absolute atomic E-state index is 11.1. The van der Waals surface area contributed by atoms with Gasteiger partial charge in [-0.3, -0.25) is 4.79 Å². The fourth-order valence-electron chi connectivity index (χ4n) is 2.51. The second-order valence-electron chi connectivity index (χ2n) is 4.95. The summed E-state index contributed by atoms with van der Waals surface area (Å²) in [4.78, 5) is 15.6. The number of carbonyl (C=O) groups excluding carboxylic acids is 1. The van der Waals surface area contributed by atoms with E-state index in [2.05, 4.69) is 14.9 Å². The van der Waals surface area contributed by atoms with E-state index in [1.165, 1.54) is 6.92 Å². The van der Waals surface area contributed by atoms with Gasteiger partial charge in [0.05, 0.1) is 6.61 Å². The lowest BCUT2D eigenvalue weighted by Gasteiger charge is -2.13. The fraction of sp³-hybridized carbons (Fsp3) is 0.333. The number of anilines is 1.